The van der Waals surface area contributed by atoms with Crippen LogP contribution in [0.25, 0.3) is 0 Å². The third kappa shape index (κ3) is 4.95. The summed E-state index contributed by atoms with van der Waals surface area (Å²) in [5.41, 5.74) is 0. The average Bonchev–Trinajstić information content (AvgIpc) is 2.82. The SMILES string of the molecule is CCCCC1CCC(C(NCC)c2cc(Cl)c(Br)s2)CC1. The van der Waals surface area contributed by atoms with Crippen LogP contribution in [-0.2, 0) is 0 Å². The van der Waals surface area contributed by atoms with Gasteiger partial charge in [0, 0.05) is 10.9 Å². The Morgan fingerprint density at radius 3 is 2.57 bits per heavy atom. The van der Waals surface area contributed by atoms with Crippen molar-refractivity contribution in [3.63, 3.8) is 0 Å². The van der Waals surface area contributed by atoms with Crippen LogP contribution in [0, 0.1) is 11.8 Å². The summed E-state index contributed by atoms with van der Waals surface area (Å²) < 4.78 is 1.07. The highest BCUT2D eigenvalue weighted by Gasteiger charge is 2.29. The van der Waals surface area contributed by atoms with Crippen LogP contribution >= 0.6 is 38.9 Å². The molecule has 0 aromatic carbocycles. The van der Waals surface area contributed by atoms with Gasteiger partial charge >= 0.3 is 0 Å². The van der Waals surface area contributed by atoms with Crippen molar-refractivity contribution in [1.82, 2.24) is 5.32 Å². The number of hydrogen-bond donors (Lipinski definition) is 1. The minimum absolute atomic E-state index is 0.482. The van der Waals surface area contributed by atoms with E-state index in [-0.39, 0.29) is 0 Å². The van der Waals surface area contributed by atoms with E-state index in [2.05, 4.69) is 41.2 Å². The van der Waals surface area contributed by atoms with E-state index in [1.165, 1.54) is 49.8 Å². The topological polar surface area (TPSA) is 12.0 Å². The van der Waals surface area contributed by atoms with Crippen molar-refractivity contribution < 1.29 is 0 Å². The summed E-state index contributed by atoms with van der Waals surface area (Å²) in [5.74, 6) is 1.74. The first-order chi connectivity index (χ1) is 10.2. The van der Waals surface area contributed by atoms with Gasteiger partial charge < -0.3 is 5.32 Å². The largest absolute Gasteiger partial charge is 0.309 e. The summed E-state index contributed by atoms with van der Waals surface area (Å²) >= 11 is 11.6. The highest BCUT2D eigenvalue weighted by Crippen LogP contribution is 2.43. The fourth-order valence-electron chi connectivity index (χ4n) is 3.54. The van der Waals surface area contributed by atoms with Crippen molar-refractivity contribution >= 4 is 38.9 Å². The molecule has 120 valence electrons. The molecule has 1 aliphatic rings. The lowest BCUT2D eigenvalue weighted by Crippen LogP contribution is -2.30. The molecule has 2 rings (SSSR count). The van der Waals surface area contributed by atoms with E-state index in [9.17, 15) is 0 Å². The molecule has 0 radical (unpaired) electrons. The normalized spacial score (nSPS) is 24.2. The van der Waals surface area contributed by atoms with Gasteiger partial charge in [0.15, 0.2) is 0 Å². The summed E-state index contributed by atoms with van der Waals surface area (Å²) in [7, 11) is 0. The van der Waals surface area contributed by atoms with Gasteiger partial charge in [-0.2, -0.15) is 0 Å². The Labute approximate surface area is 147 Å². The van der Waals surface area contributed by atoms with Crippen molar-refractivity contribution in [2.45, 2.75) is 64.8 Å². The standard InChI is InChI=1S/C17H27BrClNS/c1-3-5-6-12-7-9-13(10-8-12)16(20-4-2)15-11-14(19)17(18)21-15/h11-13,16,20H,3-10H2,1-2H3. The number of rotatable bonds is 7. The maximum atomic E-state index is 6.23. The molecule has 1 aromatic rings. The third-order valence-electron chi connectivity index (χ3n) is 4.72. The van der Waals surface area contributed by atoms with Crippen LogP contribution in [-0.4, -0.2) is 6.54 Å². The van der Waals surface area contributed by atoms with Gasteiger partial charge in [0.2, 0.25) is 0 Å². The summed E-state index contributed by atoms with van der Waals surface area (Å²) in [6, 6.07) is 2.63. The highest BCUT2D eigenvalue weighted by molar-refractivity contribution is 9.11. The van der Waals surface area contributed by atoms with E-state index >= 15 is 0 Å². The molecule has 0 amide bonds. The number of halogens is 2. The van der Waals surface area contributed by atoms with Crippen LogP contribution in [0.3, 0.4) is 0 Å². The van der Waals surface area contributed by atoms with Gasteiger partial charge in [0.1, 0.15) is 0 Å². The number of hydrogen-bond acceptors (Lipinski definition) is 2. The number of unbranched alkanes of at least 4 members (excludes halogenated alkanes) is 1. The zero-order valence-electron chi connectivity index (χ0n) is 13.1. The third-order valence-corrected chi connectivity index (χ3v) is 7.28. The average molecular weight is 393 g/mol. The molecule has 0 bridgehead atoms. The smallest absolute Gasteiger partial charge is 0.0887 e. The summed E-state index contributed by atoms with van der Waals surface area (Å²) in [6.07, 6.45) is 9.71. The molecule has 1 fully saturated rings. The van der Waals surface area contributed by atoms with Crippen LogP contribution < -0.4 is 5.32 Å². The van der Waals surface area contributed by atoms with Crippen LogP contribution in [0.2, 0.25) is 5.02 Å². The Balaban J connectivity index is 1.97. The Morgan fingerprint density at radius 1 is 1.33 bits per heavy atom. The van der Waals surface area contributed by atoms with Crippen LogP contribution in [0.4, 0.5) is 0 Å². The highest BCUT2D eigenvalue weighted by atomic mass is 79.9. The zero-order chi connectivity index (χ0) is 15.2. The second-order valence-corrected chi connectivity index (χ2v) is 9.04. The van der Waals surface area contributed by atoms with Gasteiger partial charge in [0.25, 0.3) is 0 Å². The Kier molecular flexibility index (Phi) is 7.54. The van der Waals surface area contributed by atoms with Gasteiger partial charge in [-0.25, -0.2) is 0 Å². The van der Waals surface area contributed by atoms with E-state index in [1.54, 1.807) is 11.3 Å². The first-order valence-corrected chi connectivity index (χ1v) is 10.3. The molecule has 0 aliphatic heterocycles. The molecule has 1 nitrogen and oxygen atoms in total. The Hall–Kier alpha value is 0.430. The first-order valence-electron chi connectivity index (χ1n) is 8.33. The molecule has 1 aliphatic carbocycles. The fourth-order valence-corrected chi connectivity index (χ4v) is 5.46. The fraction of sp³-hybridized carbons (Fsp3) is 0.765. The van der Waals surface area contributed by atoms with Crippen LogP contribution in [0.15, 0.2) is 9.85 Å². The lowest BCUT2D eigenvalue weighted by atomic mass is 9.76. The van der Waals surface area contributed by atoms with Crippen LogP contribution in [0.5, 0.6) is 0 Å². The number of nitrogens with one attached hydrogen (secondary N) is 1. The van der Waals surface area contributed by atoms with Gasteiger partial charge in [-0.05, 0) is 53.2 Å². The first kappa shape index (κ1) is 17.8. The van der Waals surface area contributed by atoms with Crippen molar-refractivity contribution in [3.8, 4) is 0 Å². The molecule has 1 heterocycles. The molecule has 1 N–H and O–H groups in total. The van der Waals surface area contributed by atoms with Crippen molar-refractivity contribution in [3.05, 3.63) is 19.8 Å². The predicted molar refractivity (Wildman–Crippen MR) is 98.4 cm³/mol. The van der Waals surface area contributed by atoms with Crippen molar-refractivity contribution in [2.75, 3.05) is 6.54 Å². The van der Waals surface area contributed by atoms with E-state index in [4.69, 9.17) is 11.6 Å². The molecule has 1 aromatic heterocycles. The number of thiophene rings is 1. The van der Waals surface area contributed by atoms with Crippen molar-refractivity contribution in [2.24, 2.45) is 11.8 Å². The monoisotopic (exact) mass is 391 g/mol. The predicted octanol–water partition coefficient (Wildman–Crippen LogP) is 6.81. The summed E-state index contributed by atoms with van der Waals surface area (Å²) in [4.78, 5) is 1.39. The van der Waals surface area contributed by atoms with Crippen molar-refractivity contribution in [1.29, 1.82) is 0 Å². The second kappa shape index (κ2) is 8.90. The molecule has 0 spiro atoms. The maximum Gasteiger partial charge on any atom is 0.0887 e. The molecular formula is C17H27BrClNS. The van der Waals surface area contributed by atoms with E-state index < -0.39 is 0 Å². The molecular weight excluding hydrogens is 366 g/mol. The molecule has 1 saturated carbocycles. The minimum Gasteiger partial charge on any atom is -0.309 e. The van der Waals surface area contributed by atoms with E-state index in [0.29, 0.717) is 6.04 Å². The molecule has 1 unspecified atom stereocenters. The quantitative estimate of drug-likeness (QED) is 0.537. The molecule has 21 heavy (non-hydrogen) atoms. The van der Waals surface area contributed by atoms with Gasteiger partial charge in [-0.1, -0.05) is 57.6 Å². The second-order valence-electron chi connectivity index (χ2n) is 6.23. The zero-order valence-corrected chi connectivity index (χ0v) is 16.3. The lowest BCUT2D eigenvalue weighted by molar-refractivity contribution is 0.216. The lowest BCUT2D eigenvalue weighted by Gasteiger charge is -2.34. The molecule has 0 saturated heterocycles. The Bertz CT molecular complexity index is 407. The van der Waals surface area contributed by atoms with Gasteiger partial charge in [0.05, 0.1) is 8.81 Å². The van der Waals surface area contributed by atoms with Crippen LogP contribution in [0.1, 0.15) is 69.7 Å². The van der Waals surface area contributed by atoms with Gasteiger partial charge in [-0.3, -0.25) is 0 Å². The minimum atomic E-state index is 0.482. The summed E-state index contributed by atoms with van der Waals surface area (Å²) in [5, 5.41) is 4.55. The van der Waals surface area contributed by atoms with Gasteiger partial charge in [-0.15, -0.1) is 11.3 Å². The van der Waals surface area contributed by atoms with E-state index in [1.807, 2.05) is 0 Å². The molecule has 4 heteroatoms. The molecule has 1 atom stereocenters. The Morgan fingerprint density at radius 2 is 2.05 bits per heavy atom. The summed E-state index contributed by atoms with van der Waals surface area (Å²) in [6.45, 7) is 5.52. The maximum absolute atomic E-state index is 6.23. The van der Waals surface area contributed by atoms with E-state index in [0.717, 1.165) is 27.2 Å².